The summed E-state index contributed by atoms with van der Waals surface area (Å²) in [6, 6.07) is 12.0. The Morgan fingerprint density at radius 1 is 1.15 bits per heavy atom. The van der Waals surface area contributed by atoms with E-state index in [1.165, 1.54) is 23.5 Å². The number of carbonyl (C=O) groups excluding carboxylic acids is 1. The highest BCUT2D eigenvalue weighted by atomic mass is 79.9. The van der Waals surface area contributed by atoms with Crippen molar-refractivity contribution in [3.05, 3.63) is 58.1 Å². The molecule has 146 valence electrons. The van der Waals surface area contributed by atoms with Gasteiger partial charge in [-0.2, -0.15) is 4.31 Å². The number of carbonyl (C=O) groups is 1. The molecular formula is C19H23BrN2O4S. The van der Waals surface area contributed by atoms with E-state index in [-0.39, 0.29) is 22.1 Å². The molecule has 0 spiro atoms. The molecule has 0 aromatic heterocycles. The van der Waals surface area contributed by atoms with Crippen molar-refractivity contribution in [2.24, 2.45) is 0 Å². The quantitative estimate of drug-likeness (QED) is 0.662. The summed E-state index contributed by atoms with van der Waals surface area (Å²) < 4.78 is 33.2. The Morgan fingerprint density at radius 3 is 2.44 bits per heavy atom. The minimum absolute atomic E-state index is 0.0104. The van der Waals surface area contributed by atoms with Crippen molar-refractivity contribution >= 4 is 31.9 Å². The maximum Gasteiger partial charge on any atom is 0.251 e. The van der Waals surface area contributed by atoms with Gasteiger partial charge in [0.2, 0.25) is 10.0 Å². The van der Waals surface area contributed by atoms with Crippen LogP contribution in [0.4, 0.5) is 0 Å². The zero-order chi connectivity index (χ0) is 20.0. The van der Waals surface area contributed by atoms with Gasteiger partial charge in [-0.25, -0.2) is 8.42 Å². The van der Waals surface area contributed by atoms with Crippen molar-refractivity contribution in [3.63, 3.8) is 0 Å². The fraction of sp³-hybridized carbons (Fsp3) is 0.316. The number of sulfonamides is 1. The number of hydrogen-bond acceptors (Lipinski definition) is 4. The Kier molecular flexibility index (Phi) is 7.41. The van der Waals surface area contributed by atoms with Gasteiger partial charge in [0.25, 0.3) is 5.91 Å². The summed E-state index contributed by atoms with van der Waals surface area (Å²) in [4.78, 5) is 12.5. The van der Waals surface area contributed by atoms with Gasteiger partial charge in [0.1, 0.15) is 10.6 Å². The average molecular weight is 455 g/mol. The number of rotatable bonds is 8. The fourth-order valence-corrected chi connectivity index (χ4v) is 4.74. The lowest BCUT2D eigenvalue weighted by Crippen LogP contribution is -2.31. The molecule has 0 radical (unpaired) electrons. The molecule has 6 nitrogen and oxygen atoms in total. The predicted octanol–water partition coefficient (Wildman–Crippen LogP) is 3.42. The van der Waals surface area contributed by atoms with Crippen LogP contribution in [0.25, 0.3) is 0 Å². The van der Waals surface area contributed by atoms with E-state index in [2.05, 4.69) is 21.2 Å². The third kappa shape index (κ3) is 5.09. The van der Waals surface area contributed by atoms with Crippen molar-refractivity contribution in [2.45, 2.75) is 25.3 Å². The molecule has 2 aromatic carbocycles. The first-order valence-corrected chi connectivity index (χ1v) is 10.8. The van der Waals surface area contributed by atoms with Crippen LogP contribution in [-0.4, -0.2) is 38.8 Å². The molecule has 2 rings (SSSR count). The monoisotopic (exact) mass is 454 g/mol. The lowest BCUT2D eigenvalue weighted by atomic mass is 10.2. The Morgan fingerprint density at radius 2 is 1.85 bits per heavy atom. The second-order valence-electron chi connectivity index (χ2n) is 5.77. The lowest BCUT2D eigenvalue weighted by molar-refractivity contribution is 0.0950. The molecule has 0 unspecified atom stereocenters. The molecule has 0 saturated heterocycles. The highest BCUT2D eigenvalue weighted by Crippen LogP contribution is 2.28. The first-order chi connectivity index (χ1) is 12.8. The fourth-order valence-electron chi connectivity index (χ4n) is 2.65. The van der Waals surface area contributed by atoms with E-state index in [1.807, 2.05) is 24.3 Å². The van der Waals surface area contributed by atoms with Crippen molar-refractivity contribution in [1.82, 2.24) is 9.62 Å². The summed E-state index contributed by atoms with van der Waals surface area (Å²) in [5.41, 5.74) is 1.19. The smallest absolute Gasteiger partial charge is 0.251 e. The number of ether oxygens (including phenoxy) is 1. The number of benzene rings is 2. The molecular weight excluding hydrogens is 432 g/mol. The summed E-state index contributed by atoms with van der Waals surface area (Å²) in [6.45, 7) is 4.54. The molecule has 27 heavy (non-hydrogen) atoms. The van der Waals surface area contributed by atoms with Gasteiger partial charge in [0.05, 0.1) is 7.11 Å². The number of halogens is 1. The Labute approximate surface area is 168 Å². The maximum atomic E-state index is 12.9. The standard InChI is InChI=1S/C19H23BrN2O4S/c1-4-22(5-2)27(24,25)18-12-15(9-10-17(18)26-3)19(23)21-13-14-7-6-8-16(20)11-14/h6-12H,4-5,13H2,1-3H3,(H,21,23). The molecule has 0 aliphatic carbocycles. The second-order valence-corrected chi connectivity index (χ2v) is 8.59. The van der Waals surface area contributed by atoms with E-state index >= 15 is 0 Å². The van der Waals surface area contributed by atoms with Gasteiger partial charge < -0.3 is 10.1 Å². The first-order valence-electron chi connectivity index (χ1n) is 8.54. The van der Waals surface area contributed by atoms with E-state index < -0.39 is 10.0 Å². The number of nitrogens with one attached hydrogen (secondary N) is 1. The lowest BCUT2D eigenvalue weighted by Gasteiger charge is -2.20. The summed E-state index contributed by atoms with van der Waals surface area (Å²) in [5.74, 6) is -0.140. The molecule has 8 heteroatoms. The van der Waals surface area contributed by atoms with Crippen LogP contribution in [0.2, 0.25) is 0 Å². The minimum Gasteiger partial charge on any atom is -0.495 e. The molecule has 0 atom stereocenters. The Balaban J connectivity index is 2.29. The molecule has 0 saturated carbocycles. The molecule has 0 heterocycles. The molecule has 0 aliphatic heterocycles. The highest BCUT2D eigenvalue weighted by Gasteiger charge is 2.26. The van der Waals surface area contributed by atoms with E-state index in [4.69, 9.17) is 4.74 Å². The van der Waals surface area contributed by atoms with Gasteiger partial charge in [-0.1, -0.05) is 41.9 Å². The van der Waals surface area contributed by atoms with Crippen LogP contribution in [0.1, 0.15) is 29.8 Å². The number of amides is 1. The first kappa shape index (κ1) is 21.4. The zero-order valence-electron chi connectivity index (χ0n) is 15.5. The SMILES string of the molecule is CCN(CC)S(=O)(=O)c1cc(C(=O)NCc2cccc(Br)c2)ccc1OC. The van der Waals surface area contributed by atoms with Crippen LogP contribution in [0.15, 0.2) is 51.8 Å². The third-order valence-electron chi connectivity index (χ3n) is 4.09. The van der Waals surface area contributed by atoms with Crippen LogP contribution in [0.3, 0.4) is 0 Å². The van der Waals surface area contributed by atoms with Gasteiger partial charge in [0.15, 0.2) is 0 Å². The summed E-state index contributed by atoms with van der Waals surface area (Å²) in [6.07, 6.45) is 0. The number of methoxy groups -OCH3 is 1. The van der Waals surface area contributed by atoms with Crippen LogP contribution in [0, 0.1) is 0 Å². The highest BCUT2D eigenvalue weighted by molar-refractivity contribution is 9.10. The van der Waals surface area contributed by atoms with Gasteiger partial charge in [-0.3, -0.25) is 4.79 Å². The topological polar surface area (TPSA) is 75.7 Å². The Hall–Kier alpha value is -1.90. The van der Waals surface area contributed by atoms with E-state index in [1.54, 1.807) is 19.9 Å². The molecule has 1 amide bonds. The largest absolute Gasteiger partial charge is 0.495 e. The molecule has 2 aromatic rings. The average Bonchev–Trinajstić information content (AvgIpc) is 2.66. The third-order valence-corrected chi connectivity index (χ3v) is 6.66. The normalized spacial score (nSPS) is 11.4. The van der Waals surface area contributed by atoms with Gasteiger partial charge in [0, 0.05) is 29.7 Å². The van der Waals surface area contributed by atoms with E-state index in [0.29, 0.717) is 19.6 Å². The van der Waals surface area contributed by atoms with Crippen LogP contribution in [-0.2, 0) is 16.6 Å². The van der Waals surface area contributed by atoms with Crippen LogP contribution < -0.4 is 10.1 Å². The maximum absolute atomic E-state index is 12.9. The van der Waals surface area contributed by atoms with Crippen molar-refractivity contribution in [3.8, 4) is 5.75 Å². The minimum atomic E-state index is -3.75. The summed E-state index contributed by atoms with van der Waals surface area (Å²) in [7, 11) is -2.34. The predicted molar refractivity (Wildman–Crippen MR) is 108 cm³/mol. The van der Waals surface area contributed by atoms with Crippen LogP contribution >= 0.6 is 15.9 Å². The van der Waals surface area contributed by atoms with E-state index in [9.17, 15) is 13.2 Å². The number of nitrogens with zero attached hydrogens (tertiary/aromatic N) is 1. The zero-order valence-corrected chi connectivity index (χ0v) is 17.9. The van der Waals surface area contributed by atoms with Crippen molar-refractivity contribution in [2.75, 3.05) is 20.2 Å². The van der Waals surface area contributed by atoms with Crippen LogP contribution in [0.5, 0.6) is 5.75 Å². The number of hydrogen-bond donors (Lipinski definition) is 1. The van der Waals surface area contributed by atoms with Gasteiger partial charge in [-0.05, 0) is 35.9 Å². The molecule has 0 bridgehead atoms. The van der Waals surface area contributed by atoms with Crippen molar-refractivity contribution in [1.29, 1.82) is 0 Å². The van der Waals surface area contributed by atoms with E-state index in [0.717, 1.165) is 10.0 Å². The second kappa shape index (κ2) is 9.34. The van der Waals surface area contributed by atoms with Gasteiger partial charge in [-0.15, -0.1) is 0 Å². The summed E-state index contributed by atoms with van der Waals surface area (Å²) in [5, 5.41) is 2.81. The van der Waals surface area contributed by atoms with Gasteiger partial charge >= 0.3 is 0 Å². The Bertz CT molecular complexity index is 912. The van der Waals surface area contributed by atoms with Crippen molar-refractivity contribution < 1.29 is 17.9 Å². The summed E-state index contributed by atoms with van der Waals surface area (Å²) >= 11 is 3.39. The molecule has 0 aliphatic rings. The molecule has 0 fully saturated rings. The molecule has 1 N–H and O–H groups in total.